The van der Waals surface area contributed by atoms with Gasteiger partial charge in [0, 0.05) is 10.6 Å². The number of ether oxygens (including phenoxy) is 1. The lowest BCUT2D eigenvalue weighted by atomic mass is 10.1. The van der Waals surface area contributed by atoms with Gasteiger partial charge < -0.3 is 15.4 Å². The van der Waals surface area contributed by atoms with E-state index in [1.807, 2.05) is 92.7 Å². The molecule has 1 atom stereocenters. The second-order valence-electron chi connectivity index (χ2n) is 7.17. The molecule has 0 aliphatic rings. The lowest BCUT2D eigenvalue weighted by molar-refractivity contribution is -0.116. The fourth-order valence-electron chi connectivity index (χ4n) is 3.18. The van der Waals surface area contributed by atoms with Crippen molar-refractivity contribution in [2.75, 3.05) is 17.2 Å². The van der Waals surface area contributed by atoms with Crippen molar-refractivity contribution in [2.45, 2.75) is 36.8 Å². The van der Waals surface area contributed by atoms with E-state index in [0.29, 0.717) is 36.6 Å². The number of nitrogens with one attached hydrogen (secondary N) is 2. The van der Waals surface area contributed by atoms with Crippen LogP contribution < -0.4 is 15.4 Å². The highest BCUT2D eigenvalue weighted by Crippen LogP contribution is 2.30. The smallest absolute Gasteiger partial charge is 0.237 e. The SMILES string of the molecule is CCOc1ccccc1NC(=O)C(CC)Sc1cccc(NC(=O)Cc2ccccc2)c1. The van der Waals surface area contributed by atoms with E-state index in [-0.39, 0.29) is 17.1 Å². The van der Waals surface area contributed by atoms with Gasteiger partial charge in [0.1, 0.15) is 5.75 Å². The van der Waals surface area contributed by atoms with Gasteiger partial charge in [0.25, 0.3) is 0 Å². The van der Waals surface area contributed by atoms with Crippen molar-refractivity contribution in [1.82, 2.24) is 0 Å². The van der Waals surface area contributed by atoms with Crippen molar-refractivity contribution in [3.8, 4) is 5.75 Å². The third kappa shape index (κ3) is 6.89. The van der Waals surface area contributed by atoms with Crippen LogP contribution in [0.5, 0.6) is 5.75 Å². The molecule has 6 heteroatoms. The minimum atomic E-state index is -0.278. The summed E-state index contributed by atoms with van der Waals surface area (Å²) in [5.74, 6) is 0.505. The van der Waals surface area contributed by atoms with Gasteiger partial charge in [-0.15, -0.1) is 11.8 Å². The predicted molar refractivity (Wildman–Crippen MR) is 131 cm³/mol. The van der Waals surface area contributed by atoms with E-state index in [0.717, 1.165) is 10.5 Å². The van der Waals surface area contributed by atoms with Gasteiger partial charge in [-0.05, 0) is 49.2 Å². The molecule has 0 radical (unpaired) electrons. The quantitative estimate of drug-likeness (QED) is 0.386. The number of rotatable bonds is 10. The Morgan fingerprint density at radius 2 is 1.66 bits per heavy atom. The van der Waals surface area contributed by atoms with Gasteiger partial charge in [0.05, 0.1) is 24.0 Å². The molecule has 0 heterocycles. The highest BCUT2D eigenvalue weighted by molar-refractivity contribution is 8.00. The van der Waals surface area contributed by atoms with E-state index in [9.17, 15) is 9.59 Å². The zero-order valence-electron chi connectivity index (χ0n) is 18.3. The van der Waals surface area contributed by atoms with Crippen LogP contribution >= 0.6 is 11.8 Å². The standard InChI is InChI=1S/C26H28N2O3S/c1-3-24(26(30)28-22-15-8-9-16-23(22)31-4-2)32-21-14-10-13-20(18-21)27-25(29)17-19-11-6-5-7-12-19/h5-16,18,24H,3-4,17H2,1-2H3,(H,27,29)(H,28,30). The Morgan fingerprint density at radius 3 is 2.41 bits per heavy atom. The van der Waals surface area contributed by atoms with Crippen LogP contribution in [-0.2, 0) is 16.0 Å². The molecule has 0 bridgehead atoms. The minimum Gasteiger partial charge on any atom is -0.492 e. The maximum Gasteiger partial charge on any atom is 0.237 e. The van der Waals surface area contributed by atoms with Crippen LogP contribution in [0.4, 0.5) is 11.4 Å². The van der Waals surface area contributed by atoms with Gasteiger partial charge in [-0.3, -0.25) is 9.59 Å². The lowest BCUT2D eigenvalue weighted by Gasteiger charge is -2.17. The highest BCUT2D eigenvalue weighted by atomic mass is 32.2. The van der Waals surface area contributed by atoms with Crippen LogP contribution in [-0.4, -0.2) is 23.7 Å². The number of carbonyl (C=O) groups is 2. The summed E-state index contributed by atoms with van der Waals surface area (Å²) in [4.78, 5) is 26.2. The van der Waals surface area contributed by atoms with E-state index in [2.05, 4.69) is 10.6 Å². The molecule has 166 valence electrons. The largest absolute Gasteiger partial charge is 0.492 e. The molecule has 32 heavy (non-hydrogen) atoms. The van der Waals surface area contributed by atoms with Crippen molar-refractivity contribution in [1.29, 1.82) is 0 Å². The fourth-order valence-corrected chi connectivity index (χ4v) is 4.20. The van der Waals surface area contributed by atoms with Crippen LogP contribution in [0, 0.1) is 0 Å². The number of hydrogen-bond donors (Lipinski definition) is 2. The molecule has 1 unspecified atom stereocenters. The predicted octanol–water partition coefficient (Wildman–Crippen LogP) is 5.78. The maximum atomic E-state index is 12.9. The second kappa shape index (κ2) is 12.0. The summed E-state index contributed by atoms with van der Waals surface area (Å²) in [6.07, 6.45) is 0.981. The molecule has 0 saturated heterocycles. The Hall–Kier alpha value is -3.25. The molecule has 2 N–H and O–H groups in total. The molecule has 0 aromatic heterocycles. The van der Waals surface area contributed by atoms with Crippen LogP contribution in [0.2, 0.25) is 0 Å². The topological polar surface area (TPSA) is 67.4 Å². The lowest BCUT2D eigenvalue weighted by Crippen LogP contribution is -2.24. The first-order valence-corrected chi connectivity index (χ1v) is 11.6. The third-order valence-electron chi connectivity index (χ3n) is 4.71. The van der Waals surface area contributed by atoms with E-state index in [4.69, 9.17) is 4.74 Å². The zero-order valence-corrected chi connectivity index (χ0v) is 19.2. The Bertz CT molecular complexity index is 1040. The Labute approximate surface area is 193 Å². The Kier molecular flexibility index (Phi) is 8.75. The van der Waals surface area contributed by atoms with Gasteiger partial charge >= 0.3 is 0 Å². The van der Waals surface area contributed by atoms with Crippen LogP contribution in [0.3, 0.4) is 0 Å². The van der Waals surface area contributed by atoms with Gasteiger partial charge in [0.15, 0.2) is 0 Å². The summed E-state index contributed by atoms with van der Waals surface area (Å²) >= 11 is 1.48. The Balaban J connectivity index is 1.62. The van der Waals surface area contributed by atoms with E-state index in [1.165, 1.54) is 11.8 Å². The maximum absolute atomic E-state index is 12.9. The molecule has 0 spiro atoms. The average molecular weight is 449 g/mol. The summed E-state index contributed by atoms with van der Waals surface area (Å²) in [5, 5.41) is 5.65. The second-order valence-corrected chi connectivity index (χ2v) is 8.45. The first-order valence-electron chi connectivity index (χ1n) is 10.7. The van der Waals surface area contributed by atoms with Crippen molar-refractivity contribution >= 4 is 35.0 Å². The van der Waals surface area contributed by atoms with Crippen molar-refractivity contribution < 1.29 is 14.3 Å². The van der Waals surface area contributed by atoms with Gasteiger partial charge in [-0.2, -0.15) is 0 Å². The van der Waals surface area contributed by atoms with Crippen LogP contribution in [0.1, 0.15) is 25.8 Å². The number of amides is 2. The normalized spacial score (nSPS) is 11.4. The molecule has 3 aromatic carbocycles. The minimum absolute atomic E-state index is 0.0735. The molecule has 0 fully saturated rings. The number of benzene rings is 3. The van der Waals surface area contributed by atoms with Crippen LogP contribution in [0.15, 0.2) is 83.8 Å². The van der Waals surface area contributed by atoms with Gasteiger partial charge in [-0.1, -0.05) is 55.5 Å². The van der Waals surface area contributed by atoms with Crippen molar-refractivity contribution in [3.63, 3.8) is 0 Å². The molecular formula is C26H28N2O3S. The number of thioether (sulfide) groups is 1. The molecule has 0 saturated carbocycles. The summed E-state index contributed by atoms with van der Waals surface area (Å²) in [6, 6.07) is 24.6. The Morgan fingerprint density at radius 1 is 0.906 bits per heavy atom. The molecular weight excluding hydrogens is 420 g/mol. The summed E-state index contributed by atoms with van der Waals surface area (Å²) in [6.45, 7) is 4.42. The van der Waals surface area contributed by atoms with Gasteiger partial charge in [-0.25, -0.2) is 0 Å². The van der Waals surface area contributed by atoms with Crippen molar-refractivity contribution in [2.24, 2.45) is 0 Å². The van der Waals surface area contributed by atoms with Gasteiger partial charge in [0.2, 0.25) is 11.8 Å². The summed E-state index contributed by atoms with van der Waals surface area (Å²) in [5.41, 5.74) is 2.35. The average Bonchev–Trinajstić information content (AvgIpc) is 2.79. The zero-order chi connectivity index (χ0) is 22.8. The molecule has 3 aromatic rings. The summed E-state index contributed by atoms with van der Waals surface area (Å²) in [7, 11) is 0. The fraction of sp³-hybridized carbons (Fsp3) is 0.231. The first-order chi connectivity index (χ1) is 15.6. The molecule has 5 nitrogen and oxygen atoms in total. The van der Waals surface area contributed by atoms with E-state index in [1.54, 1.807) is 0 Å². The van der Waals surface area contributed by atoms with E-state index >= 15 is 0 Å². The summed E-state index contributed by atoms with van der Waals surface area (Å²) < 4.78 is 5.60. The number of anilines is 2. The number of para-hydroxylation sites is 2. The molecule has 0 aliphatic heterocycles. The first kappa shape index (κ1) is 23.4. The number of hydrogen-bond acceptors (Lipinski definition) is 4. The highest BCUT2D eigenvalue weighted by Gasteiger charge is 2.19. The molecule has 3 rings (SSSR count). The van der Waals surface area contributed by atoms with Crippen molar-refractivity contribution in [3.05, 3.63) is 84.4 Å². The number of carbonyl (C=O) groups excluding carboxylic acids is 2. The van der Waals surface area contributed by atoms with E-state index < -0.39 is 0 Å². The molecule has 2 amide bonds. The monoisotopic (exact) mass is 448 g/mol. The van der Waals surface area contributed by atoms with Crippen LogP contribution in [0.25, 0.3) is 0 Å². The third-order valence-corrected chi connectivity index (χ3v) is 6.07. The molecule has 0 aliphatic carbocycles.